The Labute approximate surface area is 99.0 Å². The third-order valence-corrected chi connectivity index (χ3v) is 2.98. The van der Waals surface area contributed by atoms with Gasteiger partial charge in [-0.3, -0.25) is 4.90 Å². The van der Waals surface area contributed by atoms with Crippen molar-refractivity contribution in [2.75, 3.05) is 19.6 Å². The highest BCUT2D eigenvalue weighted by molar-refractivity contribution is 5.54. The van der Waals surface area contributed by atoms with E-state index in [1.54, 1.807) is 0 Å². The fourth-order valence-corrected chi connectivity index (χ4v) is 2.01. The van der Waals surface area contributed by atoms with Crippen LogP contribution in [0.25, 0.3) is 0 Å². The molecule has 2 nitrogen and oxygen atoms in total. The zero-order valence-corrected chi connectivity index (χ0v) is 10.5. The Morgan fingerprint density at radius 1 is 1.06 bits per heavy atom. The van der Waals surface area contributed by atoms with Crippen LogP contribution in [-0.4, -0.2) is 30.8 Å². The molecule has 0 aromatic carbocycles. The smallest absolute Gasteiger partial charge is 0.124 e. The molecule has 1 saturated heterocycles. The molecule has 16 heavy (non-hydrogen) atoms. The van der Waals surface area contributed by atoms with Gasteiger partial charge in [-0.2, -0.15) is 0 Å². The molecule has 0 amide bonds. The molecule has 2 heteroatoms. The Kier molecular flexibility index (Phi) is 6.09. The highest BCUT2D eigenvalue weighted by Crippen LogP contribution is 2.10. The van der Waals surface area contributed by atoms with E-state index in [-0.39, 0.29) is 0 Å². The zero-order chi connectivity index (χ0) is 11.8. The number of hydrogen-bond donors (Lipinski definition) is 0. The summed E-state index contributed by atoms with van der Waals surface area (Å²) in [6.45, 7) is 7.72. The molecule has 0 unspecified atom stereocenters. The highest BCUT2D eigenvalue weighted by Gasteiger charge is 2.09. The zero-order valence-electron chi connectivity index (χ0n) is 10.5. The lowest BCUT2D eigenvalue weighted by Crippen LogP contribution is -2.31. The third-order valence-electron chi connectivity index (χ3n) is 2.98. The van der Waals surface area contributed by atoms with Gasteiger partial charge in [0, 0.05) is 13.0 Å². The molecule has 1 rings (SSSR count). The first-order valence-corrected chi connectivity index (χ1v) is 6.21. The Balaban J connectivity index is 2.37. The number of carbonyl (C=O) groups excluding carboxylic acids is 1. The van der Waals surface area contributed by atoms with Crippen molar-refractivity contribution in [1.82, 2.24) is 4.90 Å². The maximum Gasteiger partial charge on any atom is 0.124 e. The minimum absolute atomic E-state index is 0.549. The van der Waals surface area contributed by atoms with E-state index in [0.29, 0.717) is 6.42 Å². The van der Waals surface area contributed by atoms with Gasteiger partial charge in [-0.15, -0.1) is 0 Å². The lowest BCUT2D eigenvalue weighted by atomic mass is 10.1. The molecule has 1 fully saturated rings. The average molecular weight is 221 g/mol. The Morgan fingerprint density at radius 2 is 1.69 bits per heavy atom. The highest BCUT2D eigenvalue weighted by atomic mass is 16.1. The van der Waals surface area contributed by atoms with Crippen molar-refractivity contribution in [1.29, 1.82) is 0 Å². The molecular formula is C14H23NO. The lowest BCUT2D eigenvalue weighted by molar-refractivity contribution is -0.107. The quantitative estimate of drug-likeness (QED) is 0.525. The summed E-state index contributed by atoms with van der Waals surface area (Å²) in [5.74, 6) is 0. The van der Waals surface area contributed by atoms with Gasteiger partial charge in [0.2, 0.25) is 0 Å². The van der Waals surface area contributed by atoms with Crippen LogP contribution in [-0.2, 0) is 4.79 Å². The second kappa shape index (κ2) is 7.39. The van der Waals surface area contributed by atoms with Crippen LogP contribution in [0.2, 0.25) is 0 Å². The molecule has 1 aliphatic heterocycles. The van der Waals surface area contributed by atoms with E-state index < -0.39 is 0 Å². The third kappa shape index (κ3) is 5.26. The topological polar surface area (TPSA) is 20.3 Å². The normalized spacial score (nSPS) is 19.9. The molecule has 0 aromatic rings. The Bertz CT molecular complexity index is 272. The van der Waals surface area contributed by atoms with E-state index in [2.05, 4.69) is 24.0 Å². The maximum atomic E-state index is 10.3. The molecule has 90 valence electrons. The number of nitrogens with zero attached hydrogens (tertiary/aromatic N) is 1. The number of allylic oxidation sites excluding steroid dienone is 3. The van der Waals surface area contributed by atoms with Gasteiger partial charge in [-0.05, 0) is 39.8 Å². The van der Waals surface area contributed by atoms with E-state index in [1.165, 1.54) is 37.9 Å². The van der Waals surface area contributed by atoms with Crippen LogP contribution in [0, 0.1) is 0 Å². The second-order valence-corrected chi connectivity index (χ2v) is 4.73. The van der Waals surface area contributed by atoms with Crippen molar-refractivity contribution < 1.29 is 4.79 Å². The van der Waals surface area contributed by atoms with Gasteiger partial charge in [0.25, 0.3) is 0 Å². The van der Waals surface area contributed by atoms with Crippen molar-refractivity contribution in [2.45, 2.75) is 39.5 Å². The predicted octanol–water partition coefficient (Wildman–Crippen LogP) is 2.95. The molecule has 0 N–H and O–H groups in total. The van der Waals surface area contributed by atoms with E-state index in [4.69, 9.17) is 0 Å². The van der Waals surface area contributed by atoms with Crippen LogP contribution in [0.1, 0.15) is 39.5 Å². The summed E-state index contributed by atoms with van der Waals surface area (Å²) < 4.78 is 0. The molecule has 0 atom stereocenters. The molecule has 0 bridgehead atoms. The van der Waals surface area contributed by atoms with Crippen LogP contribution in [0.15, 0.2) is 23.3 Å². The molecular weight excluding hydrogens is 198 g/mol. The fraction of sp³-hybridized carbons (Fsp3) is 0.643. The number of aldehydes is 1. The summed E-state index contributed by atoms with van der Waals surface area (Å²) in [6, 6.07) is 0. The van der Waals surface area contributed by atoms with Gasteiger partial charge in [0.1, 0.15) is 6.29 Å². The minimum Gasteiger partial charge on any atom is -0.303 e. The average Bonchev–Trinajstić information content (AvgIpc) is 2.28. The fourth-order valence-electron chi connectivity index (χ4n) is 2.01. The summed E-state index contributed by atoms with van der Waals surface area (Å²) in [5, 5.41) is 0. The van der Waals surface area contributed by atoms with Gasteiger partial charge in [-0.25, -0.2) is 0 Å². The van der Waals surface area contributed by atoms with Crippen molar-refractivity contribution >= 4 is 6.29 Å². The van der Waals surface area contributed by atoms with Crippen molar-refractivity contribution in [3.05, 3.63) is 23.3 Å². The molecule has 0 aromatic heterocycles. The summed E-state index contributed by atoms with van der Waals surface area (Å²) in [7, 11) is 0. The summed E-state index contributed by atoms with van der Waals surface area (Å²) in [4.78, 5) is 12.8. The molecule has 0 spiro atoms. The van der Waals surface area contributed by atoms with Crippen LogP contribution in [0.4, 0.5) is 0 Å². The van der Waals surface area contributed by atoms with Crippen molar-refractivity contribution in [3.63, 3.8) is 0 Å². The standard InChI is InChI=1S/C14H23NO/c1-13(8-11-16)6-7-14(2)12-15-9-4-3-5-10-15/h6-7,11H,3-5,8-10,12H2,1-2H3/b13-6+,14-7+. The van der Waals surface area contributed by atoms with Crippen LogP contribution >= 0.6 is 0 Å². The number of likely N-dealkylation sites (tertiary alicyclic amines) is 1. The number of hydrogen-bond acceptors (Lipinski definition) is 2. The minimum atomic E-state index is 0.549. The van der Waals surface area contributed by atoms with Gasteiger partial charge in [0.05, 0.1) is 0 Å². The summed E-state index contributed by atoms with van der Waals surface area (Å²) in [5.41, 5.74) is 2.51. The van der Waals surface area contributed by atoms with Gasteiger partial charge in [-0.1, -0.05) is 29.7 Å². The monoisotopic (exact) mass is 221 g/mol. The Hall–Kier alpha value is -0.890. The second-order valence-electron chi connectivity index (χ2n) is 4.73. The van der Waals surface area contributed by atoms with E-state index >= 15 is 0 Å². The predicted molar refractivity (Wildman–Crippen MR) is 68.5 cm³/mol. The van der Waals surface area contributed by atoms with Crippen molar-refractivity contribution in [2.24, 2.45) is 0 Å². The molecule has 0 saturated carbocycles. The van der Waals surface area contributed by atoms with E-state index in [1.807, 2.05) is 6.92 Å². The molecule has 0 radical (unpaired) electrons. The number of carbonyl (C=O) groups is 1. The molecule has 0 aliphatic carbocycles. The van der Waals surface area contributed by atoms with Gasteiger partial charge in [0.15, 0.2) is 0 Å². The van der Waals surface area contributed by atoms with Gasteiger partial charge >= 0.3 is 0 Å². The first-order chi connectivity index (χ1) is 7.72. The lowest BCUT2D eigenvalue weighted by Gasteiger charge is -2.26. The van der Waals surface area contributed by atoms with Crippen molar-refractivity contribution in [3.8, 4) is 0 Å². The molecule has 1 heterocycles. The first-order valence-electron chi connectivity index (χ1n) is 6.21. The maximum absolute atomic E-state index is 10.3. The van der Waals surface area contributed by atoms with E-state index in [9.17, 15) is 4.79 Å². The molecule has 1 aliphatic rings. The number of rotatable bonds is 5. The number of piperidine rings is 1. The Morgan fingerprint density at radius 3 is 2.31 bits per heavy atom. The summed E-state index contributed by atoms with van der Waals surface area (Å²) >= 11 is 0. The largest absolute Gasteiger partial charge is 0.303 e. The first kappa shape index (κ1) is 13.2. The summed E-state index contributed by atoms with van der Waals surface area (Å²) in [6.07, 6.45) is 9.78. The SMILES string of the molecule is C/C(=C\C=C(/C)CN1CCCCC1)CC=O. The van der Waals surface area contributed by atoms with Crippen LogP contribution < -0.4 is 0 Å². The van der Waals surface area contributed by atoms with Gasteiger partial charge < -0.3 is 4.79 Å². The van der Waals surface area contributed by atoms with Crippen LogP contribution in [0.3, 0.4) is 0 Å². The van der Waals surface area contributed by atoms with Crippen LogP contribution in [0.5, 0.6) is 0 Å². The van der Waals surface area contributed by atoms with E-state index in [0.717, 1.165) is 18.4 Å².